The third-order valence-electron chi connectivity index (χ3n) is 4.08. The van der Waals surface area contributed by atoms with E-state index in [0.717, 1.165) is 36.6 Å². The van der Waals surface area contributed by atoms with Crippen LogP contribution < -0.4 is 5.32 Å². The Bertz CT molecular complexity index is 614. The molecule has 0 aliphatic heterocycles. The van der Waals surface area contributed by atoms with E-state index in [0.29, 0.717) is 12.1 Å². The van der Waals surface area contributed by atoms with E-state index in [1.807, 2.05) is 12.1 Å². The van der Waals surface area contributed by atoms with Crippen LogP contribution in [0.3, 0.4) is 0 Å². The van der Waals surface area contributed by atoms with Gasteiger partial charge in [-0.3, -0.25) is 9.89 Å². The summed E-state index contributed by atoms with van der Waals surface area (Å²) in [7, 11) is 0. The second kappa shape index (κ2) is 5.25. The van der Waals surface area contributed by atoms with Crippen LogP contribution in [0.4, 0.5) is 0 Å². The third-order valence-corrected chi connectivity index (χ3v) is 4.08. The van der Waals surface area contributed by atoms with E-state index in [1.165, 1.54) is 6.42 Å². The minimum absolute atomic E-state index is 0.168. The smallest absolute Gasteiger partial charge is 0.253 e. The van der Waals surface area contributed by atoms with Crippen molar-refractivity contribution in [1.29, 1.82) is 0 Å². The number of aromatic amines is 1. The van der Waals surface area contributed by atoms with Crippen molar-refractivity contribution in [1.82, 2.24) is 15.5 Å². The summed E-state index contributed by atoms with van der Waals surface area (Å²) in [6, 6.07) is 5.51. The highest BCUT2D eigenvalue weighted by Gasteiger charge is 2.29. The van der Waals surface area contributed by atoms with Gasteiger partial charge in [-0.05, 0) is 18.9 Å². The molecule has 3 rings (SSSR count). The Morgan fingerprint density at radius 1 is 1.35 bits per heavy atom. The van der Waals surface area contributed by atoms with E-state index in [4.69, 9.17) is 0 Å². The number of H-pyrrole nitrogens is 1. The average Bonchev–Trinajstić information content (AvgIpc) is 2.94. The second-order valence-corrected chi connectivity index (χ2v) is 5.61. The second-order valence-electron chi connectivity index (χ2n) is 5.61. The van der Waals surface area contributed by atoms with E-state index < -0.39 is 5.60 Å². The Morgan fingerprint density at radius 2 is 2.15 bits per heavy atom. The van der Waals surface area contributed by atoms with Crippen LogP contribution in [0.15, 0.2) is 24.4 Å². The molecule has 5 heteroatoms. The molecule has 0 saturated heterocycles. The summed E-state index contributed by atoms with van der Waals surface area (Å²) in [6.45, 7) is 0.316. The fourth-order valence-electron chi connectivity index (χ4n) is 2.88. The van der Waals surface area contributed by atoms with Crippen LogP contribution in [0.5, 0.6) is 0 Å². The van der Waals surface area contributed by atoms with Crippen LogP contribution in [0, 0.1) is 0 Å². The third kappa shape index (κ3) is 2.54. The van der Waals surface area contributed by atoms with E-state index in [1.54, 1.807) is 12.3 Å². The molecule has 1 heterocycles. The lowest BCUT2D eigenvalue weighted by atomic mass is 9.85. The summed E-state index contributed by atoms with van der Waals surface area (Å²) >= 11 is 0. The van der Waals surface area contributed by atoms with Gasteiger partial charge < -0.3 is 10.4 Å². The Hall–Kier alpha value is -1.88. The molecule has 1 aliphatic carbocycles. The number of aromatic nitrogens is 2. The van der Waals surface area contributed by atoms with Gasteiger partial charge >= 0.3 is 0 Å². The topological polar surface area (TPSA) is 78.0 Å². The number of carbonyl (C=O) groups excluding carboxylic acids is 1. The molecule has 1 saturated carbocycles. The molecule has 1 aromatic carbocycles. The number of carbonyl (C=O) groups is 1. The summed E-state index contributed by atoms with van der Waals surface area (Å²) in [5.41, 5.74) is 0.565. The first kappa shape index (κ1) is 13.1. The van der Waals surface area contributed by atoms with Gasteiger partial charge in [-0.2, -0.15) is 5.10 Å². The Kier molecular flexibility index (Phi) is 3.44. The van der Waals surface area contributed by atoms with Crippen molar-refractivity contribution in [3.8, 4) is 0 Å². The number of nitrogens with one attached hydrogen (secondary N) is 2. The summed E-state index contributed by atoms with van der Waals surface area (Å²) in [5.74, 6) is -0.168. The average molecular weight is 273 g/mol. The Labute approximate surface area is 117 Å². The molecular weight excluding hydrogens is 254 g/mol. The van der Waals surface area contributed by atoms with Crippen LogP contribution in [0.2, 0.25) is 0 Å². The lowest BCUT2D eigenvalue weighted by Gasteiger charge is -2.32. The Balaban J connectivity index is 1.71. The van der Waals surface area contributed by atoms with E-state index in [9.17, 15) is 9.90 Å². The molecule has 0 atom stereocenters. The fourth-order valence-corrected chi connectivity index (χ4v) is 2.88. The molecule has 2 aromatic rings. The molecule has 1 aliphatic rings. The van der Waals surface area contributed by atoms with Crippen molar-refractivity contribution < 1.29 is 9.90 Å². The molecule has 0 spiro atoms. The number of para-hydroxylation sites is 1. The van der Waals surface area contributed by atoms with E-state index in [-0.39, 0.29) is 5.91 Å². The summed E-state index contributed by atoms with van der Waals surface area (Å²) in [4.78, 5) is 12.3. The maximum Gasteiger partial charge on any atom is 0.253 e. The number of nitrogens with zero attached hydrogens (tertiary/aromatic N) is 1. The van der Waals surface area contributed by atoms with Gasteiger partial charge in [0.25, 0.3) is 5.91 Å². The van der Waals surface area contributed by atoms with Crippen LogP contribution in [-0.2, 0) is 0 Å². The van der Waals surface area contributed by atoms with Gasteiger partial charge in [0, 0.05) is 11.9 Å². The van der Waals surface area contributed by atoms with Gasteiger partial charge in [-0.25, -0.2) is 0 Å². The van der Waals surface area contributed by atoms with E-state index >= 15 is 0 Å². The molecule has 1 fully saturated rings. The first-order valence-electron chi connectivity index (χ1n) is 7.11. The van der Waals surface area contributed by atoms with Crippen molar-refractivity contribution >= 4 is 16.8 Å². The summed E-state index contributed by atoms with van der Waals surface area (Å²) in [6.07, 6.45) is 6.46. The van der Waals surface area contributed by atoms with Crippen LogP contribution >= 0.6 is 0 Å². The number of benzene rings is 1. The molecule has 0 radical (unpaired) electrons. The minimum Gasteiger partial charge on any atom is -0.388 e. The molecule has 106 valence electrons. The predicted molar refractivity (Wildman–Crippen MR) is 76.5 cm³/mol. The first-order valence-corrected chi connectivity index (χ1v) is 7.11. The van der Waals surface area contributed by atoms with Gasteiger partial charge in [0.1, 0.15) is 0 Å². The predicted octanol–water partition coefficient (Wildman–Crippen LogP) is 1.99. The van der Waals surface area contributed by atoms with Crippen molar-refractivity contribution in [3.05, 3.63) is 30.0 Å². The quantitative estimate of drug-likeness (QED) is 0.800. The number of hydrogen-bond acceptors (Lipinski definition) is 3. The van der Waals surface area contributed by atoms with Crippen molar-refractivity contribution in [2.45, 2.75) is 37.7 Å². The monoisotopic (exact) mass is 273 g/mol. The number of hydrogen-bond donors (Lipinski definition) is 3. The number of rotatable bonds is 3. The molecule has 1 amide bonds. The standard InChI is InChI=1S/C15H19N3O2/c19-14(16-10-15(20)7-2-1-3-8-15)12-6-4-5-11-9-17-18-13(11)12/h4-6,9,20H,1-3,7-8,10H2,(H,16,19)(H,17,18). The van der Waals surface area contributed by atoms with Crippen molar-refractivity contribution in [2.24, 2.45) is 0 Å². The molecule has 5 nitrogen and oxygen atoms in total. The van der Waals surface area contributed by atoms with Crippen LogP contribution in [0.1, 0.15) is 42.5 Å². The maximum atomic E-state index is 12.3. The van der Waals surface area contributed by atoms with Gasteiger partial charge in [-0.15, -0.1) is 0 Å². The zero-order valence-electron chi connectivity index (χ0n) is 11.4. The Morgan fingerprint density at radius 3 is 2.95 bits per heavy atom. The van der Waals surface area contributed by atoms with Crippen LogP contribution in [-0.4, -0.2) is 33.4 Å². The SMILES string of the molecule is O=C(NCC1(O)CCCCC1)c1cccc2cn[nH]c12. The first-order chi connectivity index (χ1) is 9.68. The van der Waals surface area contributed by atoms with Gasteiger partial charge in [0.05, 0.1) is 22.9 Å². The lowest BCUT2D eigenvalue weighted by Crippen LogP contribution is -2.44. The maximum absolute atomic E-state index is 12.3. The molecular formula is C15H19N3O2. The minimum atomic E-state index is -0.740. The normalized spacial score (nSPS) is 18.1. The van der Waals surface area contributed by atoms with Crippen LogP contribution in [0.25, 0.3) is 10.9 Å². The molecule has 0 unspecified atom stereocenters. The van der Waals surface area contributed by atoms with Gasteiger partial charge in [-0.1, -0.05) is 31.4 Å². The number of aliphatic hydroxyl groups is 1. The highest BCUT2D eigenvalue weighted by atomic mass is 16.3. The molecule has 3 N–H and O–H groups in total. The van der Waals surface area contributed by atoms with Crippen molar-refractivity contribution in [2.75, 3.05) is 6.54 Å². The van der Waals surface area contributed by atoms with Crippen molar-refractivity contribution in [3.63, 3.8) is 0 Å². The number of fused-ring (bicyclic) bond motifs is 1. The molecule has 20 heavy (non-hydrogen) atoms. The molecule has 1 aromatic heterocycles. The van der Waals surface area contributed by atoms with E-state index in [2.05, 4.69) is 15.5 Å². The fraction of sp³-hybridized carbons (Fsp3) is 0.467. The largest absolute Gasteiger partial charge is 0.388 e. The van der Waals surface area contributed by atoms with Gasteiger partial charge in [0.2, 0.25) is 0 Å². The number of amides is 1. The zero-order valence-corrected chi connectivity index (χ0v) is 11.4. The zero-order chi connectivity index (χ0) is 14.0. The highest BCUT2D eigenvalue weighted by Crippen LogP contribution is 2.27. The summed E-state index contributed by atoms with van der Waals surface area (Å²) < 4.78 is 0. The highest BCUT2D eigenvalue weighted by molar-refractivity contribution is 6.05. The van der Waals surface area contributed by atoms with Gasteiger partial charge in [0.15, 0.2) is 0 Å². The summed E-state index contributed by atoms with van der Waals surface area (Å²) in [5, 5.41) is 21.0. The molecule has 0 bridgehead atoms. The lowest BCUT2D eigenvalue weighted by molar-refractivity contribution is 0.00527.